The van der Waals surface area contributed by atoms with Gasteiger partial charge in [-0.15, -0.1) is 0 Å². The second-order valence-electron chi connectivity index (χ2n) is 3.95. The van der Waals surface area contributed by atoms with Crippen LogP contribution in [0.2, 0.25) is 0 Å². The molecule has 5 heteroatoms. The van der Waals surface area contributed by atoms with E-state index < -0.39 is 0 Å². The minimum absolute atomic E-state index is 0.149. The molecule has 0 bridgehead atoms. The van der Waals surface area contributed by atoms with Gasteiger partial charge >= 0.3 is 5.97 Å². The zero-order valence-corrected chi connectivity index (χ0v) is 10.1. The molecule has 0 saturated carbocycles. The highest BCUT2D eigenvalue weighted by atomic mass is 16.5. The molecule has 1 heterocycles. The Balaban J connectivity index is 2.40. The number of nitrogens with zero attached hydrogens (tertiary/aromatic N) is 1. The molecular formula is C13H14N2O3. The predicted molar refractivity (Wildman–Crippen MR) is 69.3 cm³/mol. The number of carbonyl (C=O) groups is 1. The highest BCUT2D eigenvalue weighted by Crippen LogP contribution is 2.16. The number of nitrogen functional groups attached to an aromatic ring is 1. The normalized spacial score (nSPS) is 10.5. The van der Waals surface area contributed by atoms with Gasteiger partial charge in [-0.25, -0.2) is 0 Å². The zero-order chi connectivity index (χ0) is 13.1. The first-order chi connectivity index (χ1) is 8.63. The average Bonchev–Trinajstić information content (AvgIpc) is 2.38. The van der Waals surface area contributed by atoms with Gasteiger partial charge in [0.2, 0.25) is 0 Å². The third-order valence-electron chi connectivity index (χ3n) is 2.84. The molecule has 1 aromatic carbocycles. The van der Waals surface area contributed by atoms with E-state index in [0.29, 0.717) is 17.6 Å². The van der Waals surface area contributed by atoms with Crippen LogP contribution in [0.5, 0.6) is 0 Å². The van der Waals surface area contributed by atoms with E-state index in [0.717, 1.165) is 5.39 Å². The molecule has 0 aliphatic carbocycles. The summed E-state index contributed by atoms with van der Waals surface area (Å²) >= 11 is 0. The Kier molecular flexibility index (Phi) is 3.32. The number of carbonyl (C=O) groups excluding carboxylic acids is 1. The van der Waals surface area contributed by atoms with Crippen molar-refractivity contribution in [1.82, 2.24) is 4.57 Å². The second kappa shape index (κ2) is 4.91. The molecule has 2 rings (SSSR count). The monoisotopic (exact) mass is 246 g/mol. The number of aromatic nitrogens is 1. The average molecular weight is 246 g/mol. The van der Waals surface area contributed by atoms with Gasteiger partial charge in [0, 0.05) is 29.2 Å². The summed E-state index contributed by atoms with van der Waals surface area (Å²) in [4.78, 5) is 23.2. The van der Waals surface area contributed by atoms with Crippen LogP contribution in [0.4, 0.5) is 5.69 Å². The molecule has 0 spiro atoms. The zero-order valence-electron chi connectivity index (χ0n) is 10.1. The van der Waals surface area contributed by atoms with Crippen LogP contribution in [0.15, 0.2) is 35.3 Å². The van der Waals surface area contributed by atoms with Gasteiger partial charge in [0.05, 0.1) is 13.5 Å². The third kappa shape index (κ3) is 2.20. The lowest BCUT2D eigenvalue weighted by molar-refractivity contribution is -0.140. The molecule has 0 radical (unpaired) electrons. The van der Waals surface area contributed by atoms with Gasteiger partial charge in [-0.2, -0.15) is 0 Å². The molecule has 1 aromatic heterocycles. The standard InChI is InChI=1S/C13H14N2O3/c1-18-12(16)6-8-15-7-5-9-10(13(15)17)3-2-4-11(9)14/h2-5,7H,6,8,14H2,1H3. The van der Waals surface area contributed by atoms with Crippen LogP contribution in [-0.2, 0) is 16.1 Å². The summed E-state index contributed by atoms with van der Waals surface area (Å²) in [5, 5.41) is 1.29. The van der Waals surface area contributed by atoms with E-state index in [1.165, 1.54) is 11.7 Å². The number of rotatable bonds is 3. The number of benzene rings is 1. The van der Waals surface area contributed by atoms with Crippen molar-refractivity contribution in [3.8, 4) is 0 Å². The van der Waals surface area contributed by atoms with E-state index in [1.54, 1.807) is 30.5 Å². The van der Waals surface area contributed by atoms with Gasteiger partial charge in [-0.1, -0.05) is 6.07 Å². The van der Waals surface area contributed by atoms with Crippen LogP contribution in [0.1, 0.15) is 6.42 Å². The van der Waals surface area contributed by atoms with E-state index in [4.69, 9.17) is 5.73 Å². The minimum atomic E-state index is -0.338. The molecule has 5 nitrogen and oxygen atoms in total. The quantitative estimate of drug-likeness (QED) is 0.651. The largest absolute Gasteiger partial charge is 0.469 e. The maximum absolute atomic E-state index is 12.1. The molecule has 0 aliphatic rings. The van der Waals surface area contributed by atoms with Gasteiger partial charge in [0.1, 0.15) is 0 Å². The Hall–Kier alpha value is -2.30. The maximum Gasteiger partial charge on any atom is 0.307 e. The molecular weight excluding hydrogens is 232 g/mol. The summed E-state index contributed by atoms with van der Waals surface area (Å²) in [6.45, 7) is 0.302. The lowest BCUT2D eigenvalue weighted by Crippen LogP contribution is -2.21. The van der Waals surface area contributed by atoms with Crippen molar-refractivity contribution < 1.29 is 9.53 Å². The third-order valence-corrected chi connectivity index (χ3v) is 2.84. The Morgan fingerprint density at radius 3 is 2.83 bits per heavy atom. The molecule has 0 aliphatic heterocycles. The smallest absolute Gasteiger partial charge is 0.307 e. The lowest BCUT2D eigenvalue weighted by atomic mass is 10.1. The van der Waals surface area contributed by atoms with Crippen molar-refractivity contribution in [1.29, 1.82) is 0 Å². The van der Waals surface area contributed by atoms with Gasteiger partial charge in [0.25, 0.3) is 5.56 Å². The molecule has 2 N–H and O–H groups in total. The molecule has 0 unspecified atom stereocenters. The van der Waals surface area contributed by atoms with Crippen molar-refractivity contribution >= 4 is 22.4 Å². The van der Waals surface area contributed by atoms with E-state index in [2.05, 4.69) is 4.74 Å². The number of hydrogen-bond acceptors (Lipinski definition) is 4. The van der Waals surface area contributed by atoms with Gasteiger partial charge in [-0.05, 0) is 18.2 Å². The maximum atomic E-state index is 12.1. The molecule has 0 fully saturated rings. The highest BCUT2D eigenvalue weighted by molar-refractivity contribution is 5.91. The van der Waals surface area contributed by atoms with Crippen LogP contribution in [-0.4, -0.2) is 17.6 Å². The van der Waals surface area contributed by atoms with E-state index in [1.807, 2.05) is 0 Å². The molecule has 0 amide bonds. The summed E-state index contributed by atoms with van der Waals surface area (Å²) in [6.07, 6.45) is 1.81. The van der Waals surface area contributed by atoms with Crippen LogP contribution in [0, 0.1) is 0 Å². The minimum Gasteiger partial charge on any atom is -0.469 e. The molecule has 2 aromatic rings. The number of aryl methyl sites for hydroxylation is 1. The number of hydrogen-bond donors (Lipinski definition) is 1. The van der Waals surface area contributed by atoms with E-state index >= 15 is 0 Å². The highest BCUT2D eigenvalue weighted by Gasteiger charge is 2.06. The van der Waals surface area contributed by atoms with Crippen LogP contribution < -0.4 is 11.3 Å². The number of anilines is 1. The molecule has 18 heavy (non-hydrogen) atoms. The van der Waals surface area contributed by atoms with Gasteiger partial charge < -0.3 is 15.0 Å². The topological polar surface area (TPSA) is 74.3 Å². The summed E-state index contributed by atoms with van der Waals surface area (Å²) < 4.78 is 6.03. The van der Waals surface area contributed by atoms with Crippen molar-refractivity contribution in [2.45, 2.75) is 13.0 Å². The van der Waals surface area contributed by atoms with Crippen molar-refractivity contribution in [2.24, 2.45) is 0 Å². The number of esters is 1. The van der Waals surface area contributed by atoms with Crippen LogP contribution in [0.25, 0.3) is 10.8 Å². The van der Waals surface area contributed by atoms with Crippen molar-refractivity contribution in [3.05, 3.63) is 40.8 Å². The molecule has 0 atom stereocenters. The first-order valence-corrected chi connectivity index (χ1v) is 5.58. The van der Waals surface area contributed by atoms with Crippen molar-refractivity contribution in [3.63, 3.8) is 0 Å². The Morgan fingerprint density at radius 2 is 2.11 bits per heavy atom. The number of fused-ring (bicyclic) bond motifs is 1. The summed E-state index contributed by atoms with van der Waals surface area (Å²) in [7, 11) is 1.33. The van der Waals surface area contributed by atoms with E-state index in [-0.39, 0.29) is 17.9 Å². The first kappa shape index (κ1) is 12.2. The fourth-order valence-electron chi connectivity index (χ4n) is 1.83. The number of pyridine rings is 1. The van der Waals surface area contributed by atoms with Crippen LogP contribution >= 0.6 is 0 Å². The van der Waals surface area contributed by atoms with Gasteiger partial charge in [0.15, 0.2) is 0 Å². The molecule has 94 valence electrons. The van der Waals surface area contributed by atoms with Gasteiger partial charge in [-0.3, -0.25) is 9.59 Å². The number of nitrogens with two attached hydrogens (primary N) is 1. The summed E-state index contributed by atoms with van der Waals surface area (Å²) in [5.41, 5.74) is 6.22. The Bertz CT molecular complexity index is 646. The fraction of sp³-hybridized carbons (Fsp3) is 0.231. The fourth-order valence-corrected chi connectivity index (χ4v) is 1.83. The second-order valence-corrected chi connectivity index (χ2v) is 3.95. The SMILES string of the molecule is COC(=O)CCn1ccc2c(N)cccc2c1=O. The van der Waals surface area contributed by atoms with E-state index in [9.17, 15) is 9.59 Å². The number of methoxy groups -OCH3 is 1. The Morgan fingerprint density at radius 1 is 1.33 bits per heavy atom. The molecule has 0 saturated heterocycles. The summed E-state index contributed by atoms with van der Waals surface area (Å²) in [6, 6.07) is 7.00. The lowest BCUT2D eigenvalue weighted by Gasteiger charge is -2.07. The van der Waals surface area contributed by atoms with Crippen LogP contribution in [0.3, 0.4) is 0 Å². The van der Waals surface area contributed by atoms with Crippen molar-refractivity contribution in [2.75, 3.05) is 12.8 Å². The first-order valence-electron chi connectivity index (χ1n) is 5.58. The number of ether oxygens (including phenoxy) is 1. The summed E-state index contributed by atoms with van der Waals surface area (Å²) in [5.74, 6) is -0.338. The predicted octanol–water partition coefficient (Wildman–Crippen LogP) is 1.15. The Labute approximate surface area is 104 Å².